The summed E-state index contributed by atoms with van der Waals surface area (Å²) in [5.74, 6) is -0.724. The summed E-state index contributed by atoms with van der Waals surface area (Å²) in [5.41, 5.74) is 4.56. The Kier molecular flexibility index (Phi) is 5.79. The van der Waals surface area contributed by atoms with Gasteiger partial charge in [-0.1, -0.05) is 36.4 Å². The molecule has 1 amide bonds. The van der Waals surface area contributed by atoms with Crippen molar-refractivity contribution in [3.05, 3.63) is 66.2 Å². The number of hydrogen-bond acceptors (Lipinski definition) is 7. The molecule has 0 saturated carbocycles. The predicted octanol–water partition coefficient (Wildman–Crippen LogP) is 2.27. The van der Waals surface area contributed by atoms with Crippen LogP contribution in [0.1, 0.15) is 10.4 Å². The van der Waals surface area contributed by atoms with E-state index in [0.717, 1.165) is 5.39 Å². The number of amides is 1. The topological polar surface area (TPSA) is 122 Å². The van der Waals surface area contributed by atoms with Crippen molar-refractivity contribution in [3.8, 4) is 0 Å². The van der Waals surface area contributed by atoms with Crippen LogP contribution in [-0.4, -0.2) is 55.2 Å². The molecule has 0 radical (unpaired) electrons. The van der Waals surface area contributed by atoms with E-state index >= 15 is 0 Å². The van der Waals surface area contributed by atoms with Crippen LogP contribution < -0.4 is 15.9 Å². The molecule has 3 aromatic carbocycles. The van der Waals surface area contributed by atoms with Gasteiger partial charge in [-0.15, -0.1) is 0 Å². The van der Waals surface area contributed by atoms with Crippen molar-refractivity contribution in [2.24, 2.45) is 0 Å². The van der Waals surface area contributed by atoms with Crippen LogP contribution in [0.5, 0.6) is 0 Å². The maximum atomic E-state index is 13.3. The Hall–Kier alpha value is -3.18. The van der Waals surface area contributed by atoms with Crippen molar-refractivity contribution in [3.63, 3.8) is 0 Å². The first-order valence-corrected chi connectivity index (χ1v) is 11.1. The van der Waals surface area contributed by atoms with E-state index in [0.29, 0.717) is 29.9 Å². The van der Waals surface area contributed by atoms with E-state index in [4.69, 9.17) is 10.4 Å². The minimum atomic E-state index is -3.69. The number of piperazine rings is 1. The quantitative estimate of drug-likeness (QED) is 0.353. The van der Waals surface area contributed by atoms with E-state index in [1.54, 1.807) is 35.8 Å². The van der Waals surface area contributed by atoms with Gasteiger partial charge in [-0.3, -0.25) is 20.7 Å². The number of anilines is 2. The van der Waals surface area contributed by atoms with Gasteiger partial charge in [-0.2, -0.15) is 4.31 Å². The van der Waals surface area contributed by atoms with Crippen LogP contribution in [0.15, 0.2) is 65.6 Å². The first kappa shape index (κ1) is 21.1. The number of carbonyl (C=O) groups is 1. The Morgan fingerprint density at radius 3 is 2.32 bits per heavy atom. The number of fused-ring (bicyclic) bond motifs is 1. The highest BCUT2D eigenvalue weighted by Gasteiger charge is 2.30. The van der Waals surface area contributed by atoms with Crippen LogP contribution in [-0.2, 0) is 10.0 Å². The van der Waals surface area contributed by atoms with Crippen LogP contribution in [0, 0.1) is 0 Å². The maximum absolute atomic E-state index is 13.3. The summed E-state index contributed by atoms with van der Waals surface area (Å²) in [7, 11) is -3.69. The zero-order valence-electron chi connectivity index (χ0n) is 16.5. The number of hydroxylamine groups is 1. The van der Waals surface area contributed by atoms with Crippen LogP contribution in [0.3, 0.4) is 0 Å². The molecular formula is C21H22N4O5S. The molecule has 1 aliphatic heterocycles. The van der Waals surface area contributed by atoms with Crippen molar-refractivity contribution in [2.45, 2.75) is 4.90 Å². The van der Waals surface area contributed by atoms with Gasteiger partial charge in [-0.25, -0.2) is 13.9 Å². The molecule has 0 aromatic heterocycles. The van der Waals surface area contributed by atoms with Gasteiger partial charge in [0.05, 0.1) is 16.1 Å². The number of benzene rings is 3. The summed E-state index contributed by atoms with van der Waals surface area (Å²) in [6, 6.07) is 17.2. The average molecular weight is 442 g/mol. The molecular weight excluding hydrogens is 420 g/mol. The largest absolute Gasteiger partial charge is 0.368 e. The molecule has 1 aliphatic rings. The zero-order valence-corrected chi connectivity index (χ0v) is 17.3. The van der Waals surface area contributed by atoms with Gasteiger partial charge in [0.25, 0.3) is 5.91 Å². The van der Waals surface area contributed by atoms with Gasteiger partial charge in [0, 0.05) is 37.3 Å². The third-order valence-corrected chi connectivity index (χ3v) is 7.38. The number of carbonyl (C=O) groups excluding carboxylic acids is 1. The Balaban J connectivity index is 1.58. The van der Waals surface area contributed by atoms with E-state index in [1.807, 2.05) is 34.6 Å². The van der Waals surface area contributed by atoms with Crippen molar-refractivity contribution in [1.82, 2.24) is 9.79 Å². The molecule has 4 N–H and O–H groups in total. The SMILES string of the molecule is O=C(NO)c1cc(NO)ccc1N1CCN(S(=O)(=O)c2cccc3ccccc23)CC1. The molecule has 10 heteroatoms. The third kappa shape index (κ3) is 3.93. The second kappa shape index (κ2) is 8.52. The molecule has 0 spiro atoms. The third-order valence-electron chi connectivity index (χ3n) is 5.42. The van der Waals surface area contributed by atoms with Gasteiger partial charge >= 0.3 is 0 Å². The first-order chi connectivity index (χ1) is 15.0. The van der Waals surface area contributed by atoms with Crippen molar-refractivity contribution in [2.75, 3.05) is 36.6 Å². The fourth-order valence-electron chi connectivity index (χ4n) is 3.85. The highest BCUT2D eigenvalue weighted by atomic mass is 32.2. The Morgan fingerprint density at radius 1 is 0.903 bits per heavy atom. The lowest BCUT2D eigenvalue weighted by Gasteiger charge is -2.36. The summed E-state index contributed by atoms with van der Waals surface area (Å²) in [6.07, 6.45) is 0. The fourth-order valence-corrected chi connectivity index (χ4v) is 5.49. The minimum Gasteiger partial charge on any atom is -0.368 e. The predicted molar refractivity (Wildman–Crippen MR) is 116 cm³/mol. The lowest BCUT2D eigenvalue weighted by atomic mass is 10.1. The highest BCUT2D eigenvalue weighted by molar-refractivity contribution is 7.89. The minimum absolute atomic E-state index is 0.159. The van der Waals surface area contributed by atoms with E-state index in [1.165, 1.54) is 10.4 Å². The molecule has 9 nitrogen and oxygen atoms in total. The maximum Gasteiger partial charge on any atom is 0.276 e. The summed E-state index contributed by atoms with van der Waals surface area (Å²) >= 11 is 0. The molecule has 0 unspecified atom stereocenters. The molecule has 162 valence electrons. The van der Waals surface area contributed by atoms with Crippen molar-refractivity contribution >= 4 is 38.1 Å². The lowest BCUT2D eigenvalue weighted by Crippen LogP contribution is -2.49. The molecule has 1 heterocycles. The number of hydrogen-bond donors (Lipinski definition) is 4. The average Bonchev–Trinajstić information content (AvgIpc) is 2.82. The van der Waals surface area contributed by atoms with Crippen LogP contribution >= 0.6 is 0 Å². The standard InChI is InChI=1S/C21H22N4O5S/c26-21(23-28)18-14-16(22-27)8-9-19(18)24-10-12-25(13-11-24)31(29,30)20-7-3-5-15-4-1-2-6-17(15)20/h1-9,14,22,27-28H,10-13H2,(H,23,26). The van der Waals surface area contributed by atoms with E-state index in [2.05, 4.69) is 0 Å². The second-order valence-corrected chi connectivity index (χ2v) is 9.06. The van der Waals surface area contributed by atoms with E-state index < -0.39 is 15.9 Å². The van der Waals surface area contributed by atoms with Gasteiger partial charge < -0.3 is 4.90 Å². The summed E-state index contributed by atoms with van der Waals surface area (Å²) in [6.45, 7) is 1.21. The number of nitrogens with zero attached hydrogens (tertiary/aromatic N) is 2. The molecule has 4 rings (SSSR count). The van der Waals surface area contributed by atoms with Crippen LogP contribution in [0.25, 0.3) is 10.8 Å². The van der Waals surface area contributed by atoms with Gasteiger partial charge in [-0.05, 0) is 29.7 Å². The monoisotopic (exact) mass is 442 g/mol. The van der Waals surface area contributed by atoms with Gasteiger partial charge in [0.2, 0.25) is 10.0 Å². The zero-order chi connectivity index (χ0) is 22.0. The lowest BCUT2D eigenvalue weighted by molar-refractivity contribution is 0.0707. The van der Waals surface area contributed by atoms with Gasteiger partial charge in [0.15, 0.2) is 0 Å². The smallest absolute Gasteiger partial charge is 0.276 e. The van der Waals surface area contributed by atoms with Crippen LogP contribution in [0.4, 0.5) is 11.4 Å². The number of rotatable bonds is 5. The Labute approximate surface area is 179 Å². The molecule has 1 fully saturated rings. The van der Waals surface area contributed by atoms with Crippen molar-refractivity contribution in [1.29, 1.82) is 0 Å². The van der Waals surface area contributed by atoms with Crippen LogP contribution in [0.2, 0.25) is 0 Å². The summed E-state index contributed by atoms with van der Waals surface area (Å²) in [4.78, 5) is 14.2. The Bertz CT molecular complexity index is 1220. The highest BCUT2D eigenvalue weighted by Crippen LogP contribution is 2.29. The Morgan fingerprint density at radius 2 is 1.61 bits per heavy atom. The molecule has 0 bridgehead atoms. The molecule has 0 aliphatic carbocycles. The molecule has 0 atom stereocenters. The fraction of sp³-hybridized carbons (Fsp3) is 0.190. The summed E-state index contributed by atoms with van der Waals surface area (Å²) in [5, 5.41) is 19.7. The van der Waals surface area contributed by atoms with E-state index in [9.17, 15) is 13.2 Å². The molecule has 1 saturated heterocycles. The molecule has 31 heavy (non-hydrogen) atoms. The van der Waals surface area contributed by atoms with Gasteiger partial charge in [0.1, 0.15) is 0 Å². The molecule has 3 aromatic rings. The first-order valence-electron chi connectivity index (χ1n) is 9.67. The van der Waals surface area contributed by atoms with Crippen molar-refractivity contribution < 1.29 is 23.6 Å². The number of nitrogens with one attached hydrogen (secondary N) is 2. The summed E-state index contributed by atoms with van der Waals surface area (Å²) < 4.78 is 28.1. The number of sulfonamides is 1. The normalized spacial score (nSPS) is 15.1. The second-order valence-electron chi connectivity index (χ2n) is 7.15. The van der Waals surface area contributed by atoms with E-state index in [-0.39, 0.29) is 23.5 Å².